The maximum absolute atomic E-state index is 11.3. The molecule has 5 nitrogen and oxygen atoms in total. The predicted octanol–water partition coefficient (Wildman–Crippen LogP) is 0.818. The molecule has 1 unspecified atom stereocenters. The molecule has 0 saturated carbocycles. The van der Waals surface area contributed by atoms with Crippen molar-refractivity contribution in [2.45, 2.75) is 25.8 Å². The number of carbonyl (C=O) groups excluding carboxylic acids is 1. The molecule has 1 saturated heterocycles. The Morgan fingerprint density at radius 1 is 1.50 bits per heavy atom. The maximum Gasteiger partial charge on any atom is 0.222 e. The van der Waals surface area contributed by atoms with E-state index >= 15 is 0 Å². The highest BCUT2D eigenvalue weighted by atomic mass is 16.2. The van der Waals surface area contributed by atoms with Crippen molar-refractivity contribution in [3.8, 4) is 0 Å². The summed E-state index contributed by atoms with van der Waals surface area (Å²) in [5, 5.41) is 3.33. The van der Waals surface area contributed by atoms with E-state index in [9.17, 15) is 4.79 Å². The number of aromatic nitrogens is 2. The van der Waals surface area contributed by atoms with Gasteiger partial charge in [-0.3, -0.25) is 4.79 Å². The largest absolute Gasteiger partial charge is 0.365 e. The summed E-state index contributed by atoms with van der Waals surface area (Å²) < 4.78 is 0. The lowest BCUT2D eigenvalue weighted by atomic mass is 10.1. The van der Waals surface area contributed by atoms with E-state index in [-0.39, 0.29) is 11.9 Å². The Balaban J connectivity index is 1.98. The van der Waals surface area contributed by atoms with Gasteiger partial charge in [0.1, 0.15) is 12.1 Å². The molecule has 1 atom stereocenters. The predicted molar refractivity (Wildman–Crippen MR) is 61.1 cm³/mol. The van der Waals surface area contributed by atoms with E-state index < -0.39 is 0 Å². The van der Waals surface area contributed by atoms with Crippen molar-refractivity contribution in [1.29, 1.82) is 0 Å². The number of amides is 1. The zero-order chi connectivity index (χ0) is 11.5. The summed E-state index contributed by atoms with van der Waals surface area (Å²) in [7, 11) is 1.83. The van der Waals surface area contributed by atoms with Crippen molar-refractivity contribution in [3.63, 3.8) is 0 Å². The standard InChI is InChI=1S/C11H16N4O/c1-8-5-10(13-7-12-8)14-9-3-4-11(16)15(2)6-9/h5,7,9H,3-4,6H2,1-2H3,(H,12,13,14). The molecule has 1 aromatic heterocycles. The second kappa shape index (κ2) is 4.47. The van der Waals surface area contributed by atoms with E-state index in [1.807, 2.05) is 20.0 Å². The molecule has 5 heteroatoms. The molecular formula is C11H16N4O. The quantitative estimate of drug-likeness (QED) is 0.801. The molecule has 2 rings (SSSR count). The van der Waals surface area contributed by atoms with Crippen LogP contribution in [0.1, 0.15) is 18.5 Å². The zero-order valence-electron chi connectivity index (χ0n) is 9.60. The Hall–Kier alpha value is -1.65. The van der Waals surface area contributed by atoms with Gasteiger partial charge in [0.2, 0.25) is 5.91 Å². The maximum atomic E-state index is 11.3. The van der Waals surface area contributed by atoms with Gasteiger partial charge in [0, 0.05) is 37.8 Å². The van der Waals surface area contributed by atoms with Crippen LogP contribution < -0.4 is 5.32 Å². The number of anilines is 1. The van der Waals surface area contributed by atoms with Crippen molar-refractivity contribution >= 4 is 11.7 Å². The molecule has 86 valence electrons. The van der Waals surface area contributed by atoms with Gasteiger partial charge in [-0.1, -0.05) is 0 Å². The first-order valence-electron chi connectivity index (χ1n) is 5.44. The Labute approximate surface area is 94.9 Å². The Kier molecular flexibility index (Phi) is 3.03. The highest BCUT2D eigenvalue weighted by Gasteiger charge is 2.22. The summed E-state index contributed by atoms with van der Waals surface area (Å²) in [6, 6.07) is 2.20. The minimum atomic E-state index is 0.219. The third-order valence-corrected chi connectivity index (χ3v) is 2.78. The van der Waals surface area contributed by atoms with Gasteiger partial charge in [-0.25, -0.2) is 9.97 Å². The highest BCUT2D eigenvalue weighted by molar-refractivity contribution is 5.77. The van der Waals surface area contributed by atoms with E-state index in [0.717, 1.165) is 24.5 Å². The summed E-state index contributed by atoms with van der Waals surface area (Å²) in [5.74, 6) is 1.05. The average molecular weight is 220 g/mol. The number of hydrogen-bond acceptors (Lipinski definition) is 4. The van der Waals surface area contributed by atoms with E-state index in [1.165, 1.54) is 0 Å². The summed E-state index contributed by atoms with van der Waals surface area (Å²) in [6.45, 7) is 2.67. The second-order valence-electron chi connectivity index (χ2n) is 4.20. The number of nitrogens with zero attached hydrogens (tertiary/aromatic N) is 3. The number of carbonyl (C=O) groups is 1. The normalized spacial score (nSPS) is 21.0. The van der Waals surface area contributed by atoms with E-state index in [2.05, 4.69) is 15.3 Å². The first-order chi connectivity index (χ1) is 7.65. The minimum absolute atomic E-state index is 0.219. The number of rotatable bonds is 2. The molecule has 1 aliphatic heterocycles. The lowest BCUT2D eigenvalue weighted by molar-refractivity contribution is -0.132. The Morgan fingerprint density at radius 3 is 3.00 bits per heavy atom. The van der Waals surface area contributed by atoms with Gasteiger partial charge in [0.05, 0.1) is 0 Å². The van der Waals surface area contributed by atoms with Crippen LogP contribution in [0.3, 0.4) is 0 Å². The first-order valence-corrected chi connectivity index (χ1v) is 5.44. The lowest BCUT2D eigenvalue weighted by Gasteiger charge is -2.30. The van der Waals surface area contributed by atoms with Gasteiger partial charge in [-0.2, -0.15) is 0 Å². The van der Waals surface area contributed by atoms with Crippen LogP contribution >= 0.6 is 0 Å². The number of piperidine rings is 1. The van der Waals surface area contributed by atoms with Crippen LogP contribution in [0.5, 0.6) is 0 Å². The van der Waals surface area contributed by atoms with Crippen LogP contribution in [0, 0.1) is 6.92 Å². The second-order valence-corrected chi connectivity index (χ2v) is 4.20. The van der Waals surface area contributed by atoms with Gasteiger partial charge >= 0.3 is 0 Å². The van der Waals surface area contributed by atoms with Crippen molar-refractivity contribution in [2.24, 2.45) is 0 Å². The number of hydrogen-bond donors (Lipinski definition) is 1. The third-order valence-electron chi connectivity index (χ3n) is 2.78. The molecule has 1 aromatic rings. The molecule has 1 N–H and O–H groups in total. The lowest BCUT2D eigenvalue weighted by Crippen LogP contribution is -2.43. The molecule has 0 aliphatic carbocycles. The number of likely N-dealkylation sites (tertiary alicyclic amines) is 1. The van der Waals surface area contributed by atoms with Crippen LogP contribution in [0.4, 0.5) is 5.82 Å². The third kappa shape index (κ3) is 2.48. The number of aryl methyl sites for hydroxylation is 1. The fourth-order valence-corrected chi connectivity index (χ4v) is 1.87. The van der Waals surface area contributed by atoms with Gasteiger partial charge in [-0.05, 0) is 13.3 Å². The van der Waals surface area contributed by atoms with E-state index in [4.69, 9.17) is 0 Å². The van der Waals surface area contributed by atoms with E-state index in [1.54, 1.807) is 11.2 Å². The number of likely N-dealkylation sites (N-methyl/N-ethyl adjacent to an activating group) is 1. The fourth-order valence-electron chi connectivity index (χ4n) is 1.87. The molecule has 1 aliphatic rings. The molecule has 0 radical (unpaired) electrons. The Bertz CT molecular complexity index is 393. The van der Waals surface area contributed by atoms with Gasteiger partial charge in [0.25, 0.3) is 0 Å². The van der Waals surface area contributed by atoms with Gasteiger partial charge in [0.15, 0.2) is 0 Å². The summed E-state index contributed by atoms with van der Waals surface area (Å²) in [5.41, 5.74) is 0.942. The highest BCUT2D eigenvalue weighted by Crippen LogP contribution is 2.14. The monoisotopic (exact) mass is 220 g/mol. The zero-order valence-corrected chi connectivity index (χ0v) is 9.60. The molecular weight excluding hydrogens is 204 g/mol. The van der Waals surface area contributed by atoms with Crippen LogP contribution in [-0.2, 0) is 4.79 Å². The summed E-state index contributed by atoms with van der Waals surface area (Å²) in [4.78, 5) is 21.3. The summed E-state index contributed by atoms with van der Waals surface area (Å²) >= 11 is 0. The van der Waals surface area contributed by atoms with Crippen LogP contribution in [0.25, 0.3) is 0 Å². The minimum Gasteiger partial charge on any atom is -0.365 e. The molecule has 1 fully saturated rings. The molecule has 0 spiro atoms. The van der Waals surface area contributed by atoms with E-state index in [0.29, 0.717) is 6.42 Å². The van der Waals surface area contributed by atoms with Crippen molar-refractivity contribution in [3.05, 3.63) is 18.1 Å². The summed E-state index contributed by atoms with van der Waals surface area (Å²) in [6.07, 6.45) is 3.03. The average Bonchev–Trinajstić information content (AvgIpc) is 2.24. The van der Waals surface area contributed by atoms with Gasteiger partial charge < -0.3 is 10.2 Å². The fraction of sp³-hybridized carbons (Fsp3) is 0.545. The first kappa shape index (κ1) is 10.9. The molecule has 16 heavy (non-hydrogen) atoms. The smallest absolute Gasteiger partial charge is 0.222 e. The Morgan fingerprint density at radius 2 is 2.31 bits per heavy atom. The van der Waals surface area contributed by atoms with Crippen LogP contribution in [0.15, 0.2) is 12.4 Å². The van der Waals surface area contributed by atoms with Crippen LogP contribution in [0.2, 0.25) is 0 Å². The molecule has 2 heterocycles. The molecule has 0 aromatic carbocycles. The molecule has 0 bridgehead atoms. The van der Waals surface area contributed by atoms with Crippen molar-refractivity contribution in [1.82, 2.24) is 14.9 Å². The molecule has 1 amide bonds. The van der Waals surface area contributed by atoms with Crippen LogP contribution in [-0.4, -0.2) is 40.4 Å². The van der Waals surface area contributed by atoms with Crippen molar-refractivity contribution in [2.75, 3.05) is 18.9 Å². The van der Waals surface area contributed by atoms with Crippen molar-refractivity contribution < 1.29 is 4.79 Å². The number of nitrogens with one attached hydrogen (secondary N) is 1. The topological polar surface area (TPSA) is 58.1 Å². The SMILES string of the molecule is Cc1cc(NC2CCC(=O)N(C)C2)ncn1. The van der Waals surface area contributed by atoms with Gasteiger partial charge in [-0.15, -0.1) is 0 Å².